The van der Waals surface area contributed by atoms with Crippen LogP contribution in [0.25, 0.3) is 0 Å². The number of hydrogen-bond donors (Lipinski definition) is 1. The number of rotatable bonds is 0. The molecule has 1 aliphatic rings. The molecule has 0 aromatic heterocycles. The zero-order valence-electron chi connectivity index (χ0n) is 13.3. The Bertz CT molecular complexity index is 368. The average molecular weight is 455 g/mol. The maximum absolute atomic E-state index is 12.0. The van der Waals surface area contributed by atoms with Crippen molar-refractivity contribution in [2.24, 2.45) is 11.7 Å². The quantitative estimate of drug-likeness (QED) is 0.444. The number of hydrogen-bond acceptors (Lipinski definition) is 5. The van der Waals surface area contributed by atoms with Gasteiger partial charge in [0.05, 0.1) is 5.60 Å². The summed E-state index contributed by atoms with van der Waals surface area (Å²) in [5.74, 6) is -0.710. The third-order valence-electron chi connectivity index (χ3n) is 3.74. The van der Waals surface area contributed by atoms with Crippen molar-refractivity contribution in [3.05, 3.63) is 13.3 Å². The topological polar surface area (TPSA) is 78.6 Å². The summed E-state index contributed by atoms with van der Waals surface area (Å²) in [6, 6.07) is -1.00. The molecule has 2 N–H and O–H groups in total. The Morgan fingerprint density at radius 2 is 1.55 bits per heavy atom. The minimum atomic E-state index is -1.09. The summed E-state index contributed by atoms with van der Waals surface area (Å²) in [6.45, 7) is 10.2. The van der Waals surface area contributed by atoms with Crippen molar-refractivity contribution in [3.8, 4) is 0 Å². The van der Waals surface area contributed by atoms with Gasteiger partial charge >= 0.3 is 27.0 Å². The fourth-order valence-electron chi connectivity index (χ4n) is 1.78. The third-order valence-corrected chi connectivity index (χ3v) is 3.74. The SMILES string of the molecule is C[C-]1C(=O)OC(C)(C)C(N)C(=O)OC(C)(C)[C@@H]1C.[CH3-].[W+2]. The van der Waals surface area contributed by atoms with E-state index in [-0.39, 0.29) is 34.4 Å². The smallest absolute Gasteiger partial charge is 0.480 e. The van der Waals surface area contributed by atoms with Crippen molar-refractivity contribution >= 4 is 11.9 Å². The second kappa shape index (κ2) is 6.95. The van der Waals surface area contributed by atoms with Crippen LogP contribution >= 0.6 is 0 Å². The summed E-state index contributed by atoms with van der Waals surface area (Å²) in [5, 5.41) is 0. The Hall–Kier alpha value is -0.542. The molecule has 0 spiro atoms. The van der Waals surface area contributed by atoms with E-state index in [1.54, 1.807) is 34.6 Å². The fraction of sp³-hybridized carbons (Fsp3) is 0.714. The molecule has 1 rings (SSSR count). The van der Waals surface area contributed by atoms with Crippen LogP contribution in [0.15, 0.2) is 0 Å². The Morgan fingerprint density at radius 1 is 1.10 bits per heavy atom. The summed E-state index contributed by atoms with van der Waals surface area (Å²) in [6.07, 6.45) is 0. The predicted octanol–water partition coefficient (Wildman–Crippen LogP) is 1.65. The Balaban J connectivity index is 0. The van der Waals surface area contributed by atoms with Gasteiger partial charge in [-0.25, -0.2) is 0 Å². The molecule has 0 amide bonds. The summed E-state index contributed by atoms with van der Waals surface area (Å²) >= 11 is 0. The summed E-state index contributed by atoms with van der Waals surface area (Å²) < 4.78 is 10.7. The molecular formula is C14H25NO4W. The zero-order chi connectivity index (χ0) is 14.3. The van der Waals surface area contributed by atoms with Gasteiger partial charge in [0, 0.05) is 0 Å². The molecule has 1 fully saturated rings. The van der Waals surface area contributed by atoms with Crippen molar-refractivity contribution in [3.63, 3.8) is 0 Å². The first-order chi connectivity index (χ1) is 7.99. The van der Waals surface area contributed by atoms with Crippen LogP contribution in [0.5, 0.6) is 0 Å². The largest absolute Gasteiger partial charge is 2.00 e. The van der Waals surface area contributed by atoms with Gasteiger partial charge in [0.1, 0.15) is 11.6 Å². The molecule has 0 bridgehead atoms. The molecular weight excluding hydrogens is 430 g/mol. The van der Waals surface area contributed by atoms with Crippen molar-refractivity contribution < 1.29 is 40.1 Å². The van der Waals surface area contributed by atoms with Crippen LogP contribution in [0.4, 0.5) is 0 Å². The van der Waals surface area contributed by atoms with Crippen molar-refractivity contribution in [2.45, 2.75) is 58.8 Å². The van der Waals surface area contributed by atoms with E-state index in [1.165, 1.54) is 0 Å². The van der Waals surface area contributed by atoms with Crippen LogP contribution < -0.4 is 5.73 Å². The number of ether oxygens (including phenoxy) is 2. The fourth-order valence-corrected chi connectivity index (χ4v) is 1.78. The maximum Gasteiger partial charge on any atom is 2.00 e. The molecule has 0 aromatic rings. The van der Waals surface area contributed by atoms with E-state index in [0.29, 0.717) is 5.92 Å². The van der Waals surface area contributed by atoms with Gasteiger partial charge in [0.25, 0.3) is 0 Å². The van der Waals surface area contributed by atoms with E-state index in [0.717, 1.165) is 0 Å². The minimum absolute atomic E-state index is 0. The third kappa shape index (κ3) is 4.22. The van der Waals surface area contributed by atoms with Gasteiger partial charge in [-0.1, -0.05) is 6.92 Å². The first kappa shape index (κ1) is 21.8. The van der Waals surface area contributed by atoms with Crippen molar-refractivity contribution in [1.82, 2.24) is 0 Å². The normalized spacial score (nSPS) is 28.6. The Labute approximate surface area is 136 Å². The number of cyclic esters (lactones) is 2. The number of esters is 2. The minimum Gasteiger partial charge on any atom is -0.480 e. The van der Waals surface area contributed by atoms with E-state index in [2.05, 4.69) is 0 Å². The molecule has 0 saturated carbocycles. The Kier molecular flexibility index (Phi) is 7.55. The monoisotopic (exact) mass is 455 g/mol. The average Bonchev–Trinajstić information content (AvgIpc) is 2.24. The molecule has 1 aliphatic heterocycles. The summed E-state index contributed by atoms with van der Waals surface area (Å²) in [7, 11) is 0. The molecule has 0 aliphatic carbocycles. The van der Waals surface area contributed by atoms with Gasteiger partial charge in [0.2, 0.25) is 0 Å². The molecule has 6 heteroatoms. The zero-order valence-corrected chi connectivity index (χ0v) is 16.2. The van der Waals surface area contributed by atoms with Crippen molar-refractivity contribution in [2.75, 3.05) is 0 Å². The van der Waals surface area contributed by atoms with Gasteiger partial charge in [-0.2, -0.15) is 6.92 Å². The molecule has 116 valence electrons. The molecule has 1 unspecified atom stereocenters. The first-order valence-electron chi connectivity index (χ1n) is 6.04. The second-order valence-corrected chi connectivity index (χ2v) is 5.90. The van der Waals surface area contributed by atoms with Crippen LogP contribution in [0, 0.1) is 19.3 Å². The summed E-state index contributed by atoms with van der Waals surface area (Å²) in [5.41, 5.74) is 3.93. The van der Waals surface area contributed by atoms with Gasteiger partial charge in [-0.15, -0.1) is 5.92 Å². The van der Waals surface area contributed by atoms with Crippen LogP contribution in [-0.4, -0.2) is 29.2 Å². The van der Waals surface area contributed by atoms with Gasteiger partial charge < -0.3 is 22.6 Å². The maximum atomic E-state index is 12.0. The van der Waals surface area contributed by atoms with E-state index < -0.39 is 29.2 Å². The van der Waals surface area contributed by atoms with E-state index in [4.69, 9.17) is 15.2 Å². The molecule has 2 atom stereocenters. The number of carbonyl (C=O) groups is 2. The number of carbonyl (C=O) groups excluding carboxylic acids is 2. The first-order valence-corrected chi connectivity index (χ1v) is 6.04. The standard InChI is InChI=1S/C13H22NO4.CH3.W/c1-7-8(2)12(3,4)18-11(16)9(14)13(5,6)17-10(7)15;;/h8-9H,14H2,1-6H3;1H3;/q2*-1;+2/t8-,9?;;/m1../s1. The van der Waals surface area contributed by atoms with Crippen molar-refractivity contribution in [1.29, 1.82) is 0 Å². The van der Waals surface area contributed by atoms with Crippen LogP contribution in [0.3, 0.4) is 0 Å². The van der Waals surface area contributed by atoms with Gasteiger partial charge in [0.15, 0.2) is 5.97 Å². The van der Waals surface area contributed by atoms with E-state index in [9.17, 15) is 9.59 Å². The van der Waals surface area contributed by atoms with Gasteiger partial charge in [-0.05, 0) is 27.7 Å². The van der Waals surface area contributed by atoms with Crippen LogP contribution in [0.1, 0.15) is 41.5 Å². The molecule has 5 nitrogen and oxygen atoms in total. The molecule has 0 radical (unpaired) electrons. The molecule has 1 heterocycles. The summed E-state index contributed by atoms with van der Waals surface area (Å²) in [4.78, 5) is 24.0. The van der Waals surface area contributed by atoms with Crippen LogP contribution in [0.2, 0.25) is 0 Å². The van der Waals surface area contributed by atoms with Crippen LogP contribution in [-0.2, 0) is 40.1 Å². The molecule has 0 aromatic carbocycles. The Morgan fingerprint density at radius 3 is 2.00 bits per heavy atom. The van der Waals surface area contributed by atoms with E-state index in [1.807, 2.05) is 6.92 Å². The molecule has 1 saturated heterocycles. The van der Waals surface area contributed by atoms with E-state index >= 15 is 0 Å². The predicted molar refractivity (Wildman–Crippen MR) is 72.8 cm³/mol. The molecule has 20 heavy (non-hydrogen) atoms. The van der Waals surface area contributed by atoms with Gasteiger partial charge in [-0.3, -0.25) is 15.5 Å². The second-order valence-electron chi connectivity index (χ2n) is 5.90. The number of nitrogens with two attached hydrogens (primary N) is 1.